The summed E-state index contributed by atoms with van der Waals surface area (Å²) >= 11 is 10.7. The number of hydrogen-bond acceptors (Lipinski definition) is 8. The number of thiophene rings is 5. The molecule has 6 rings (SSSR count). The molecule has 0 saturated heterocycles. The Kier molecular flexibility index (Phi) is 4.74. The zero-order valence-electron chi connectivity index (χ0n) is 16.0. The van der Waals surface area contributed by atoms with E-state index in [9.17, 15) is 0 Å². The van der Waals surface area contributed by atoms with E-state index >= 15 is 0 Å². The number of nitrogens with zero attached hydrogens (tertiary/aromatic N) is 2. The first kappa shape index (κ1) is 19.0. The van der Waals surface area contributed by atoms with Crippen LogP contribution in [0.25, 0.3) is 49.2 Å². The Morgan fingerprint density at radius 3 is 1.83 bits per heavy atom. The fourth-order valence-corrected chi connectivity index (χ4v) is 10.0. The second kappa shape index (κ2) is 7.47. The lowest BCUT2D eigenvalue weighted by atomic mass is 10.2. The SMILES string of the molecule is Cc1cc(-c2sc(-c3cc(C)c(-c4cccs4)s3)c3snnc23)sc1-c1cccs1. The van der Waals surface area contributed by atoms with Crippen LogP contribution < -0.4 is 0 Å². The van der Waals surface area contributed by atoms with E-state index in [0.717, 1.165) is 5.52 Å². The third-order valence-electron chi connectivity index (χ3n) is 4.89. The summed E-state index contributed by atoms with van der Waals surface area (Å²) in [4.78, 5) is 10.6. The topological polar surface area (TPSA) is 25.8 Å². The van der Waals surface area contributed by atoms with Gasteiger partial charge in [-0.25, -0.2) is 0 Å². The van der Waals surface area contributed by atoms with Crippen LogP contribution in [-0.4, -0.2) is 9.59 Å². The first-order valence-corrected chi connectivity index (χ1v) is 14.2. The van der Waals surface area contributed by atoms with Crippen LogP contribution in [0, 0.1) is 13.8 Å². The maximum absolute atomic E-state index is 4.52. The Morgan fingerprint density at radius 1 is 0.667 bits per heavy atom. The molecule has 0 radical (unpaired) electrons. The quantitative estimate of drug-likeness (QED) is 0.242. The van der Waals surface area contributed by atoms with E-state index in [-0.39, 0.29) is 0 Å². The van der Waals surface area contributed by atoms with E-state index < -0.39 is 0 Å². The van der Waals surface area contributed by atoms with Crippen LogP contribution >= 0.6 is 68.2 Å². The number of fused-ring (bicyclic) bond motifs is 1. The van der Waals surface area contributed by atoms with Gasteiger partial charge >= 0.3 is 0 Å². The maximum Gasteiger partial charge on any atom is 0.126 e. The monoisotopic (exact) mass is 498 g/mol. The molecule has 0 aromatic carbocycles. The lowest BCUT2D eigenvalue weighted by molar-refractivity contribution is 1.20. The number of aromatic nitrogens is 2. The van der Waals surface area contributed by atoms with E-state index in [1.807, 2.05) is 34.0 Å². The Balaban J connectivity index is 1.49. The molecule has 6 aromatic heterocycles. The van der Waals surface area contributed by atoms with Gasteiger partial charge in [-0.15, -0.1) is 61.8 Å². The van der Waals surface area contributed by atoms with Crippen LogP contribution in [0.1, 0.15) is 11.1 Å². The van der Waals surface area contributed by atoms with Crippen LogP contribution in [-0.2, 0) is 0 Å². The van der Waals surface area contributed by atoms with Crippen molar-refractivity contribution in [2.75, 3.05) is 0 Å². The van der Waals surface area contributed by atoms with E-state index in [4.69, 9.17) is 0 Å². The molecule has 148 valence electrons. The minimum atomic E-state index is 1.04. The van der Waals surface area contributed by atoms with Gasteiger partial charge in [0.1, 0.15) is 5.52 Å². The summed E-state index contributed by atoms with van der Waals surface area (Å²) in [6.45, 7) is 4.41. The highest BCUT2D eigenvalue weighted by atomic mass is 32.1. The Morgan fingerprint density at radius 2 is 1.27 bits per heavy atom. The van der Waals surface area contributed by atoms with Crippen molar-refractivity contribution < 1.29 is 0 Å². The van der Waals surface area contributed by atoms with E-state index in [1.165, 1.54) is 66.4 Å². The first-order valence-electron chi connectivity index (χ1n) is 9.23. The number of rotatable bonds is 4. The van der Waals surface area contributed by atoms with Crippen LogP contribution in [0.5, 0.6) is 0 Å². The lowest BCUT2D eigenvalue weighted by Crippen LogP contribution is -1.68. The normalized spacial score (nSPS) is 11.7. The van der Waals surface area contributed by atoms with E-state index in [2.05, 4.69) is 70.6 Å². The van der Waals surface area contributed by atoms with Gasteiger partial charge in [-0.05, 0) is 71.5 Å². The second-order valence-electron chi connectivity index (χ2n) is 6.91. The summed E-state index contributed by atoms with van der Waals surface area (Å²) in [6, 6.07) is 13.3. The summed E-state index contributed by atoms with van der Waals surface area (Å²) in [6.07, 6.45) is 0. The summed E-state index contributed by atoms with van der Waals surface area (Å²) < 4.78 is 5.51. The Labute approximate surface area is 197 Å². The molecule has 6 heterocycles. The van der Waals surface area contributed by atoms with Gasteiger partial charge in [-0.2, -0.15) is 0 Å². The van der Waals surface area contributed by atoms with Gasteiger partial charge in [0, 0.05) is 29.3 Å². The van der Waals surface area contributed by atoms with Crippen molar-refractivity contribution in [3.8, 4) is 39.0 Å². The summed E-state index contributed by atoms with van der Waals surface area (Å²) in [5.41, 5.74) is 3.71. The number of aryl methyl sites for hydroxylation is 2. The molecule has 2 nitrogen and oxygen atoms in total. The van der Waals surface area contributed by atoms with Gasteiger partial charge < -0.3 is 0 Å². The zero-order chi connectivity index (χ0) is 20.2. The predicted octanol–water partition coefficient (Wildman–Crippen LogP) is 9.28. The van der Waals surface area contributed by atoms with Crippen LogP contribution in [0.3, 0.4) is 0 Å². The molecule has 0 atom stereocenters. The molecule has 0 fully saturated rings. The van der Waals surface area contributed by atoms with Crippen molar-refractivity contribution in [3.63, 3.8) is 0 Å². The maximum atomic E-state index is 4.52. The average Bonchev–Trinajstić information content (AvgIpc) is 3.51. The molecule has 0 aliphatic carbocycles. The minimum absolute atomic E-state index is 1.04. The van der Waals surface area contributed by atoms with Crippen molar-refractivity contribution >= 4 is 78.4 Å². The number of hydrogen-bond donors (Lipinski definition) is 0. The van der Waals surface area contributed by atoms with Crippen LogP contribution in [0.2, 0.25) is 0 Å². The van der Waals surface area contributed by atoms with Crippen molar-refractivity contribution in [3.05, 3.63) is 58.3 Å². The van der Waals surface area contributed by atoms with Crippen molar-refractivity contribution in [2.45, 2.75) is 13.8 Å². The van der Waals surface area contributed by atoms with Crippen molar-refractivity contribution in [1.29, 1.82) is 0 Å². The standard InChI is InChI=1S/C22H14N2S6/c1-11-9-15(27-18(11)13-5-3-7-25-13)20-17-22(30-24-23-17)21(29-20)16-10-12(2)19(28-16)14-6-4-8-26-14/h3-10H,1-2H3. The minimum Gasteiger partial charge on any atom is -0.143 e. The van der Waals surface area contributed by atoms with E-state index in [1.54, 1.807) is 22.7 Å². The summed E-state index contributed by atoms with van der Waals surface area (Å²) in [5, 5.41) is 8.81. The third-order valence-corrected chi connectivity index (χ3v) is 11.9. The van der Waals surface area contributed by atoms with Crippen molar-refractivity contribution in [1.82, 2.24) is 9.59 Å². The largest absolute Gasteiger partial charge is 0.143 e. The highest BCUT2D eigenvalue weighted by molar-refractivity contribution is 7.33. The first-order chi connectivity index (χ1) is 14.7. The summed E-state index contributed by atoms with van der Waals surface area (Å²) in [5.74, 6) is 0. The molecule has 0 bridgehead atoms. The van der Waals surface area contributed by atoms with Gasteiger partial charge in [-0.1, -0.05) is 16.6 Å². The molecule has 0 saturated carbocycles. The predicted molar refractivity (Wildman–Crippen MR) is 138 cm³/mol. The highest BCUT2D eigenvalue weighted by Gasteiger charge is 2.22. The van der Waals surface area contributed by atoms with Gasteiger partial charge in [0.15, 0.2) is 0 Å². The van der Waals surface area contributed by atoms with Gasteiger partial charge in [0.05, 0.1) is 14.5 Å². The van der Waals surface area contributed by atoms with Crippen molar-refractivity contribution in [2.24, 2.45) is 0 Å². The molecule has 0 amide bonds. The molecule has 30 heavy (non-hydrogen) atoms. The molecule has 0 spiro atoms. The van der Waals surface area contributed by atoms with Gasteiger partial charge in [0.25, 0.3) is 0 Å². The van der Waals surface area contributed by atoms with Crippen LogP contribution in [0.15, 0.2) is 47.2 Å². The lowest BCUT2D eigenvalue weighted by Gasteiger charge is -1.93. The second-order valence-corrected chi connectivity index (χ2v) is 12.7. The smallest absolute Gasteiger partial charge is 0.126 e. The molecule has 0 N–H and O–H groups in total. The van der Waals surface area contributed by atoms with Gasteiger partial charge in [0.2, 0.25) is 0 Å². The molecule has 0 aliphatic heterocycles. The zero-order valence-corrected chi connectivity index (χ0v) is 20.9. The van der Waals surface area contributed by atoms with Crippen LogP contribution in [0.4, 0.5) is 0 Å². The Hall–Kier alpha value is -1.68. The fraction of sp³-hybridized carbons (Fsp3) is 0.0909. The molecular weight excluding hydrogens is 485 g/mol. The molecular formula is C22H14N2S6. The summed E-state index contributed by atoms with van der Waals surface area (Å²) in [7, 11) is 0. The third kappa shape index (κ3) is 3.05. The average molecular weight is 499 g/mol. The molecule has 6 aromatic rings. The molecule has 0 aliphatic rings. The highest BCUT2D eigenvalue weighted by Crippen LogP contribution is 2.51. The van der Waals surface area contributed by atoms with Gasteiger partial charge in [-0.3, -0.25) is 0 Å². The molecule has 8 heteroatoms. The van der Waals surface area contributed by atoms with E-state index in [0.29, 0.717) is 0 Å². The molecule has 0 unspecified atom stereocenters. The fourth-order valence-electron chi connectivity index (χ4n) is 3.51. The Bertz CT molecular complexity index is 1350.